The van der Waals surface area contributed by atoms with E-state index < -0.39 is 23.0 Å². The molecule has 1 amide bonds. The Morgan fingerprint density at radius 1 is 1.08 bits per heavy atom. The van der Waals surface area contributed by atoms with Gasteiger partial charge in [0.2, 0.25) is 5.91 Å². The van der Waals surface area contributed by atoms with Crippen molar-refractivity contribution in [3.8, 4) is 0 Å². The maximum absolute atomic E-state index is 12.6. The second kappa shape index (κ2) is 6.72. The summed E-state index contributed by atoms with van der Waals surface area (Å²) in [6.45, 7) is 0. The minimum absolute atomic E-state index is 0.286. The van der Waals surface area contributed by atoms with E-state index >= 15 is 0 Å². The number of carbonyl (C=O) groups is 1. The van der Waals surface area contributed by atoms with Gasteiger partial charge in [-0.1, -0.05) is 24.3 Å². The lowest BCUT2D eigenvalue weighted by atomic mass is 10.1. The Morgan fingerprint density at radius 3 is 2.48 bits per heavy atom. The van der Waals surface area contributed by atoms with Gasteiger partial charge in [0.05, 0.1) is 5.56 Å². The first-order chi connectivity index (χ1) is 11.9. The van der Waals surface area contributed by atoms with E-state index in [-0.39, 0.29) is 5.56 Å². The molecule has 0 bridgehead atoms. The van der Waals surface area contributed by atoms with Crippen molar-refractivity contribution in [3.63, 3.8) is 0 Å². The summed E-state index contributed by atoms with van der Waals surface area (Å²) in [6.07, 6.45) is -1.16. The number of alkyl halides is 4. The third kappa shape index (κ3) is 3.74. The molecular weight excluding hydrogens is 353 g/mol. The van der Waals surface area contributed by atoms with Crippen LogP contribution in [0.25, 0.3) is 10.8 Å². The van der Waals surface area contributed by atoms with E-state index in [0.717, 1.165) is 22.9 Å². The molecule has 7 heteroatoms. The van der Waals surface area contributed by atoms with Crippen LogP contribution < -0.4 is 5.32 Å². The van der Waals surface area contributed by atoms with Gasteiger partial charge in [-0.3, -0.25) is 9.78 Å². The van der Waals surface area contributed by atoms with Crippen molar-refractivity contribution >= 4 is 34.0 Å². The second-order valence-electron chi connectivity index (χ2n) is 5.37. The van der Waals surface area contributed by atoms with E-state index in [4.69, 9.17) is 11.6 Å². The van der Waals surface area contributed by atoms with Crippen LogP contribution in [-0.4, -0.2) is 10.9 Å². The summed E-state index contributed by atoms with van der Waals surface area (Å²) in [5.41, 5.74) is 0.0543. The van der Waals surface area contributed by atoms with Crippen molar-refractivity contribution in [3.05, 3.63) is 72.1 Å². The van der Waals surface area contributed by atoms with Crippen LogP contribution in [0, 0.1) is 0 Å². The van der Waals surface area contributed by atoms with Crippen molar-refractivity contribution in [2.75, 3.05) is 5.32 Å². The predicted octanol–water partition coefficient (Wildman–Crippen LogP) is 5.17. The minimum Gasteiger partial charge on any atom is -0.324 e. The SMILES string of the molecule is O=C(Nc1cccc2cnccc12)C(Cl)c1ccc(C(F)(F)F)cc1. The number of nitrogens with zero attached hydrogens (tertiary/aromatic N) is 1. The van der Waals surface area contributed by atoms with Gasteiger partial charge in [0.1, 0.15) is 5.38 Å². The van der Waals surface area contributed by atoms with Gasteiger partial charge in [-0.05, 0) is 29.8 Å². The summed E-state index contributed by atoms with van der Waals surface area (Å²) in [6, 6.07) is 11.3. The molecule has 0 spiro atoms. The zero-order valence-electron chi connectivity index (χ0n) is 12.7. The molecule has 1 unspecified atom stereocenters. The molecule has 2 aromatic carbocycles. The number of anilines is 1. The molecule has 0 aliphatic heterocycles. The third-order valence-corrected chi connectivity index (χ3v) is 4.15. The summed E-state index contributed by atoms with van der Waals surface area (Å²) in [5, 5.41) is 3.24. The maximum Gasteiger partial charge on any atom is 0.416 e. The Kier molecular flexibility index (Phi) is 4.63. The first kappa shape index (κ1) is 17.2. The minimum atomic E-state index is -4.43. The quantitative estimate of drug-likeness (QED) is 0.651. The largest absolute Gasteiger partial charge is 0.416 e. The van der Waals surface area contributed by atoms with E-state index in [1.54, 1.807) is 30.6 Å². The van der Waals surface area contributed by atoms with E-state index in [1.165, 1.54) is 12.1 Å². The topological polar surface area (TPSA) is 42.0 Å². The molecule has 0 aliphatic carbocycles. The fourth-order valence-electron chi connectivity index (χ4n) is 2.42. The summed E-state index contributed by atoms with van der Waals surface area (Å²) < 4.78 is 37.8. The van der Waals surface area contributed by atoms with E-state index in [2.05, 4.69) is 10.3 Å². The summed E-state index contributed by atoms with van der Waals surface area (Å²) in [4.78, 5) is 16.4. The van der Waals surface area contributed by atoms with Crippen molar-refractivity contribution in [2.24, 2.45) is 0 Å². The number of pyridine rings is 1. The normalized spacial score (nSPS) is 12.8. The zero-order valence-corrected chi connectivity index (χ0v) is 13.5. The van der Waals surface area contributed by atoms with Crippen LogP contribution in [-0.2, 0) is 11.0 Å². The highest BCUT2D eigenvalue weighted by Crippen LogP contribution is 2.31. The number of rotatable bonds is 3. The molecule has 1 aromatic heterocycles. The highest BCUT2D eigenvalue weighted by molar-refractivity contribution is 6.32. The lowest BCUT2D eigenvalue weighted by Crippen LogP contribution is -2.17. The third-order valence-electron chi connectivity index (χ3n) is 3.70. The number of hydrogen-bond acceptors (Lipinski definition) is 2. The average Bonchev–Trinajstić information content (AvgIpc) is 2.61. The zero-order chi connectivity index (χ0) is 18.0. The number of amides is 1. The molecular formula is C18H12ClF3N2O. The number of fused-ring (bicyclic) bond motifs is 1. The summed E-state index contributed by atoms with van der Waals surface area (Å²) in [5.74, 6) is -0.522. The van der Waals surface area contributed by atoms with E-state index in [0.29, 0.717) is 5.69 Å². The van der Waals surface area contributed by atoms with Crippen LogP contribution in [0.3, 0.4) is 0 Å². The molecule has 0 saturated heterocycles. The van der Waals surface area contributed by atoms with Gasteiger partial charge >= 0.3 is 6.18 Å². The molecule has 1 heterocycles. The first-order valence-electron chi connectivity index (χ1n) is 7.31. The second-order valence-corrected chi connectivity index (χ2v) is 5.81. The standard InChI is InChI=1S/C18H12ClF3N2O/c19-16(11-4-6-13(7-5-11)18(20,21)22)17(25)24-15-3-1-2-12-10-23-9-8-14(12)15/h1-10,16H,(H,24,25). The molecule has 3 nitrogen and oxygen atoms in total. The van der Waals surface area contributed by atoms with Crippen LogP contribution in [0.15, 0.2) is 60.9 Å². The van der Waals surface area contributed by atoms with E-state index in [9.17, 15) is 18.0 Å². The number of carbonyl (C=O) groups excluding carboxylic acids is 1. The molecule has 128 valence electrons. The number of benzene rings is 2. The summed E-state index contributed by atoms with van der Waals surface area (Å²) >= 11 is 6.12. The Bertz CT molecular complexity index is 905. The van der Waals surface area contributed by atoms with Gasteiger partial charge in [-0.25, -0.2) is 0 Å². The highest BCUT2D eigenvalue weighted by Gasteiger charge is 2.30. The number of halogens is 4. The molecule has 0 saturated carbocycles. The molecule has 25 heavy (non-hydrogen) atoms. The van der Waals surface area contributed by atoms with Gasteiger partial charge in [0.15, 0.2) is 0 Å². The molecule has 0 radical (unpaired) electrons. The number of aromatic nitrogens is 1. The maximum atomic E-state index is 12.6. The highest BCUT2D eigenvalue weighted by atomic mass is 35.5. The van der Waals surface area contributed by atoms with Gasteiger partial charge in [-0.2, -0.15) is 13.2 Å². The number of nitrogens with one attached hydrogen (secondary N) is 1. The van der Waals surface area contributed by atoms with Gasteiger partial charge < -0.3 is 5.32 Å². The average molecular weight is 365 g/mol. The van der Waals surface area contributed by atoms with Crippen molar-refractivity contribution in [2.45, 2.75) is 11.6 Å². The van der Waals surface area contributed by atoms with Crippen LogP contribution in [0.1, 0.15) is 16.5 Å². The van der Waals surface area contributed by atoms with Crippen LogP contribution in [0.4, 0.5) is 18.9 Å². The first-order valence-corrected chi connectivity index (χ1v) is 7.75. The van der Waals surface area contributed by atoms with Crippen molar-refractivity contribution in [1.82, 2.24) is 4.98 Å². The molecule has 0 aliphatic rings. The van der Waals surface area contributed by atoms with Crippen LogP contribution in [0.2, 0.25) is 0 Å². The lowest BCUT2D eigenvalue weighted by Gasteiger charge is -2.13. The summed E-state index contributed by atoms with van der Waals surface area (Å²) in [7, 11) is 0. The number of hydrogen-bond donors (Lipinski definition) is 1. The fraction of sp³-hybridized carbons (Fsp3) is 0.111. The van der Waals surface area contributed by atoms with E-state index in [1.807, 2.05) is 6.07 Å². The van der Waals surface area contributed by atoms with Crippen molar-refractivity contribution < 1.29 is 18.0 Å². The Morgan fingerprint density at radius 2 is 1.80 bits per heavy atom. The smallest absolute Gasteiger partial charge is 0.324 e. The van der Waals surface area contributed by atoms with Gasteiger partial charge in [0, 0.05) is 28.9 Å². The Balaban J connectivity index is 1.81. The molecule has 0 fully saturated rings. The van der Waals surface area contributed by atoms with Crippen LogP contribution >= 0.6 is 11.6 Å². The van der Waals surface area contributed by atoms with Crippen molar-refractivity contribution in [1.29, 1.82) is 0 Å². The van der Waals surface area contributed by atoms with Gasteiger partial charge in [0.25, 0.3) is 0 Å². The lowest BCUT2D eigenvalue weighted by molar-refractivity contribution is -0.137. The molecule has 3 aromatic rings. The van der Waals surface area contributed by atoms with Gasteiger partial charge in [-0.15, -0.1) is 11.6 Å². The molecule has 1 atom stereocenters. The molecule has 3 rings (SSSR count). The Labute approximate surface area is 146 Å². The molecule has 1 N–H and O–H groups in total. The van der Waals surface area contributed by atoms with Crippen LogP contribution in [0.5, 0.6) is 0 Å². The monoisotopic (exact) mass is 364 g/mol. The fourth-order valence-corrected chi connectivity index (χ4v) is 2.62. The predicted molar refractivity (Wildman–Crippen MR) is 90.4 cm³/mol. The Hall–Kier alpha value is -2.60.